The van der Waals surface area contributed by atoms with Gasteiger partial charge in [0.1, 0.15) is 5.82 Å². The fourth-order valence-corrected chi connectivity index (χ4v) is 1.34. The van der Waals surface area contributed by atoms with Crippen molar-refractivity contribution >= 4 is 0 Å². The number of halogens is 1. The van der Waals surface area contributed by atoms with Crippen molar-refractivity contribution in [3.8, 4) is 11.3 Å². The Morgan fingerprint density at radius 3 is 2.53 bits per heavy atom. The minimum Gasteiger partial charge on any atom is -0.392 e. The van der Waals surface area contributed by atoms with Crippen LogP contribution in [-0.2, 0) is 6.61 Å². The van der Waals surface area contributed by atoms with E-state index in [2.05, 4.69) is 4.98 Å². The third-order valence-corrected chi connectivity index (χ3v) is 2.17. The van der Waals surface area contributed by atoms with E-state index in [0.29, 0.717) is 5.69 Å². The van der Waals surface area contributed by atoms with Crippen LogP contribution in [0.25, 0.3) is 11.3 Å². The molecule has 15 heavy (non-hydrogen) atoms. The van der Waals surface area contributed by atoms with Crippen molar-refractivity contribution in [1.82, 2.24) is 4.98 Å². The minimum absolute atomic E-state index is 0.217. The van der Waals surface area contributed by atoms with Crippen LogP contribution in [0.5, 0.6) is 0 Å². The van der Waals surface area contributed by atoms with Crippen molar-refractivity contribution in [1.29, 1.82) is 0 Å². The fourth-order valence-electron chi connectivity index (χ4n) is 1.34. The Bertz CT molecular complexity index is 456. The third kappa shape index (κ3) is 2.02. The average molecular weight is 203 g/mol. The summed E-state index contributed by atoms with van der Waals surface area (Å²) in [6, 6.07) is 10.7. The Hall–Kier alpha value is -1.74. The molecule has 0 saturated carbocycles. The standard InChI is InChI=1S/C12H10FNO/c13-11-6-12(14-7-10(11)8-15)9-4-2-1-3-5-9/h1-7,15H,8H2. The molecular weight excluding hydrogens is 193 g/mol. The van der Waals surface area contributed by atoms with Gasteiger partial charge < -0.3 is 5.11 Å². The Morgan fingerprint density at radius 2 is 1.93 bits per heavy atom. The zero-order valence-corrected chi connectivity index (χ0v) is 8.02. The molecule has 2 aromatic rings. The maximum absolute atomic E-state index is 13.3. The van der Waals surface area contributed by atoms with Crippen molar-refractivity contribution in [2.24, 2.45) is 0 Å². The Morgan fingerprint density at radius 1 is 1.20 bits per heavy atom. The normalized spacial score (nSPS) is 10.3. The molecular formula is C12H10FNO. The highest BCUT2D eigenvalue weighted by molar-refractivity contribution is 5.58. The molecule has 2 rings (SSSR count). The van der Waals surface area contributed by atoms with Crippen LogP contribution >= 0.6 is 0 Å². The Kier molecular flexibility index (Phi) is 2.74. The van der Waals surface area contributed by atoms with E-state index in [9.17, 15) is 4.39 Å². The van der Waals surface area contributed by atoms with Gasteiger partial charge >= 0.3 is 0 Å². The maximum Gasteiger partial charge on any atom is 0.132 e. The zero-order chi connectivity index (χ0) is 10.7. The third-order valence-electron chi connectivity index (χ3n) is 2.17. The molecule has 0 unspecified atom stereocenters. The van der Waals surface area contributed by atoms with E-state index in [1.165, 1.54) is 12.3 Å². The predicted octanol–water partition coefficient (Wildman–Crippen LogP) is 2.38. The number of rotatable bonds is 2. The first kappa shape index (κ1) is 9.80. The highest BCUT2D eigenvalue weighted by atomic mass is 19.1. The van der Waals surface area contributed by atoms with Crippen LogP contribution in [-0.4, -0.2) is 10.1 Å². The fraction of sp³-hybridized carbons (Fsp3) is 0.0833. The van der Waals surface area contributed by atoms with E-state index < -0.39 is 5.82 Å². The molecule has 0 saturated heterocycles. The van der Waals surface area contributed by atoms with E-state index in [4.69, 9.17) is 5.11 Å². The monoisotopic (exact) mass is 203 g/mol. The molecule has 0 bridgehead atoms. The largest absolute Gasteiger partial charge is 0.392 e. The van der Waals surface area contributed by atoms with Gasteiger partial charge in [0, 0.05) is 23.4 Å². The number of hydrogen-bond donors (Lipinski definition) is 1. The molecule has 2 nitrogen and oxygen atoms in total. The molecule has 3 heteroatoms. The molecule has 1 aromatic heterocycles. The lowest BCUT2D eigenvalue weighted by Gasteiger charge is -2.03. The molecule has 0 aliphatic heterocycles. The van der Waals surface area contributed by atoms with Crippen LogP contribution < -0.4 is 0 Å². The van der Waals surface area contributed by atoms with Gasteiger partial charge in [-0.1, -0.05) is 30.3 Å². The summed E-state index contributed by atoms with van der Waals surface area (Å²) in [5, 5.41) is 8.80. The smallest absolute Gasteiger partial charge is 0.132 e. The summed E-state index contributed by atoms with van der Waals surface area (Å²) < 4.78 is 13.3. The van der Waals surface area contributed by atoms with Crippen LogP contribution in [0.3, 0.4) is 0 Å². The van der Waals surface area contributed by atoms with Gasteiger partial charge in [-0.3, -0.25) is 4.98 Å². The summed E-state index contributed by atoms with van der Waals surface area (Å²) in [5.41, 5.74) is 1.65. The first-order valence-electron chi connectivity index (χ1n) is 4.62. The first-order chi connectivity index (χ1) is 7.31. The Balaban J connectivity index is 2.43. The molecule has 1 aromatic carbocycles. The number of hydrogen-bond acceptors (Lipinski definition) is 2. The van der Waals surface area contributed by atoms with Crippen molar-refractivity contribution in [3.63, 3.8) is 0 Å². The van der Waals surface area contributed by atoms with Crippen molar-refractivity contribution in [2.45, 2.75) is 6.61 Å². The molecule has 76 valence electrons. The second-order valence-electron chi connectivity index (χ2n) is 3.19. The van der Waals surface area contributed by atoms with E-state index in [1.807, 2.05) is 30.3 Å². The second kappa shape index (κ2) is 4.19. The number of nitrogens with zero attached hydrogens (tertiary/aromatic N) is 1. The Labute approximate surface area is 87.0 Å². The van der Waals surface area contributed by atoms with Gasteiger partial charge in [-0.15, -0.1) is 0 Å². The highest BCUT2D eigenvalue weighted by Crippen LogP contribution is 2.18. The van der Waals surface area contributed by atoms with Gasteiger partial charge in [-0.25, -0.2) is 4.39 Å². The molecule has 0 aliphatic carbocycles. The first-order valence-corrected chi connectivity index (χ1v) is 4.62. The van der Waals surface area contributed by atoms with Gasteiger partial charge in [0.25, 0.3) is 0 Å². The van der Waals surface area contributed by atoms with Crippen LogP contribution in [0.15, 0.2) is 42.6 Å². The van der Waals surface area contributed by atoms with Crippen LogP contribution in [0, 0.1) is 5.82 Å². The van der Waals surface area contributed by atoms with Gasteiger partial charge in [-0.05, 0) is 0 Å². The quantitative estimate of drug-likeness (QED) is 0.812. The van der Waals surface area contributed by atoms with Gasteiger partial charge in [-0.2, -0.15) is 0 Å². The van der Waals surface area contributed by atoms with Crippen LogP contribution in [0.4, 0.5) is 4.39 Å². The number of pyridine rings is 1. The summed E-state index contributed by atoms with van der Waals surface area (Å²) in [4.78, 5) is 4.08. The van der Waals surface area contributed by atoms with E-state index >= 15 is 0 Å². The molecule has 0 radical (unpaired) electrons. The summed E-state index contributed by atoms with van der Waals surface area (Å²) in [6.07, 6.45) is 1.36. The van der Waals surface area contributed by atoms with Gasteiger partial charge in [0.2, 0.25) is 0 Å². The average Bonchev–Trinajstić information content (AvgIpc) is 2.30. The maximum atomic E-state index is 13.3. The van der Waals surface area contributed by atoms with Crippen molar-refractivity contribution < 1.29 is 9.50 Å². The minimum atomic E-state index is -0.425. The van der Waals surface area contributed by atoms with E-state index in [0.717, 1.165) is 5.56 Å². The number of aliphatic hydroxyl groups is 1. The second-order valence-corrected chi connectivity index (χ2v) is 3.19. The molecule has 0 amide bonds. The summed E-state index contributed by atoms with van der Waals surface area (Å²) in [6.45, 7) is -0.325. The molecule has 0 aliphatic rings. The van der Waals surface area contributed by atoms with E-state index in [1.54, 1.807) is 0 Å². The van der Waals surface area contributed by atoms with E-state index in [-0.39, 0.29) is 12.2 Å². The van der Waals surface area contributed by atoms with Crippen LogP contribution in [0.2, 0.25) is 0 Å². The van der Waals surface area contributed by atoms with Crippen molar-refractivity contribution in [2.75, 3.05) is 0 Å². The molecule has 0 atom stereocenters. The number of aromatic nitrogens is 1. The molecule has 0 fully saturated rings. The highest BCUT2D eigenvalue weighted by Gasteiger charge is 2.04. The number of benzene rings is 1. The summed E-state index contributed by atoms with van der Waals surface area (Å²) >= 11 is 0. The molecule has 1 N–H and O–H groups in total. The predicted molar refractivity (Wildman–Crippen MR) is 55.6 cm³/mol. The summed E-state index contributed by atoms with van der Waals surface area (Å²) in [7, 11) is 0. The van der Waals surface area contributed by atoms with Gasteiger partial charge in [0.05, 0.1) is 12.3 Å². The van der Waals surface area contributed by atoms with Crippen LogP contribution in [0.1, 0.15) is 5.56 Å². The summed E-state index contributed by atoms with van der Waals surface area (Å²) in [5.74, 6) is -0.425. The SMILES string of the molecule is OCc1cnc(-c2ccccc2)cc1F. The van der Waals surface area contributed by atoms with Gasteiger partial charge in [0.15, 0.2) is 0 Å². The molecule has 0 spiro atoms. The topological polar surface area (TPSA) is 33.1 Å². The lowest BCUT2D eigenvalue weighted by molar-refractivity contribution is 0.275. The molecule has 1 heterocycles. The zero-order valence-electron chi connectivity index (χ0n) is 8.02. The number of aliphatic hydroxyl groups excluding tert-OH is 1. The lowest BCUT2D eigenvalue weighted by Crippen LogP contribution is -1.93. The van der Waals surface area contributed by atoms with Crippen molar-refractivity contribution in [3.05, 3.63) is 54.0 Å². The lowest BCUT2D eigenvalue weighted by atomic mass is 10.1.